The van der Waals surface area contributed by atoms with Crippen LogP contribution in [0, 0.1) is 5.92 Å². The van der Waals surface area contributed by atoms with Crippen LogP contribution in [0.3, 0.4) is 0 Å². The van der Waals surface area contributed by atoms with Gasteiger partial charge in [-0.25, -0.2) is 4.79 Å². The van der Waals surface area contributed by atoms with E-state index in [1.165, 1.54) is 0 Å². The molecule has 0 spiro atoms. The summed E-state index contributed by atoms with van der Waals surface area (Å²) in [5.41, 5.74) is 1.84. The Bertz CT molecular complexity index is 497. The van der Waals surface area contributed by atoms with Gasteiger partial charge < -0.3 is 14.7 Å². The van der Waals surface area contributed by atoms with E-state index in [1.807, 2.05) is 6.07 Å². The second-order valence-corrected chi connectivity index (χ2v) is 4.10. The predicted molar refractivity (Wildman–Crippen MR) is 58.9 cm³/mol. The van der Waals surface area contributed by atoms with Crippen LogP contribution in [0.5, 0.6) is 0 Å². The number of nitrogens with zero attached hydrogens (tertiary/aromatic N) is 1. The Labute approximate surface area is 97.6 Å². The third kappa shape index (κ3) is 1.68. The second kappa shape index (κ2) is 3.85. The van der Waals surface area contributed by atoms with Gasteiger partial charge in [-0.1, -0.05) is 17.3 Å². The van der Waals surface area contributed by atoms with E-state index in [9.17, 15) is 4.79 Å². The molecule has 5 nitrogen and oxygen atoms in total. The zero-order valence-electron chi connectivity index (χ0n) is 9.00. The molecule has 0 saturated carbocycles. The average molecular weight is 233 g/mol. The lowest BCUT2D eigenvalue weighted by molar-refractivity contribution is -0.106. The molecular weight excluding hydrogens is 222 g/mol. The maximum atomic E-state index is 10.9. The molecule has 2 aliphatic heterocycles. The van der Waals surface area contributed by atoms with E-state index in [1.54, 1.807) is 18.2 Å². The molecule has 0 aromatic heterocycles. The Morgan fingerprint density at radius 1 is 1.47 bits per heavy atom. The summed E-state index contributed by atoms with van der Waals surface area (Å²) in [6.45, 7) is 0.660. The maximum absolute atomic E-state index is 10.9. The Hall–Kier alpha value is -1.88. The topological polar surface area (TPSA) is 68.1 Å². The van der Waals surface area contributed by atoms with E-state index < -0.39 is 5.97 Å². The highest BCUT2D eigenvalue weighted by Crippen LogP contribution is 2.31. The Kier molecular flexibility index (Phi) is 2.33. The number of aromatic carboxylic acids is 1. The van der Waals surface area contributed by atoms with Gasteiger partial charge in [-0.2, -0.15) is 0 Å². The third-order valence-corrected chi connectivity index (χ3v) is 3.05. The number of ether oxygens (including phenoxy) is 1. The SMILES string of the molecule is O=C(O)c1cccc(C2=NOC3OCCC23)c1. The van der Waals surface area contributed by atoms with Crippen LogP contribution in [0.25, 0.3) is 0 Å². The molecule has 0 radical (unpaired) electrons. The van der Waals surface area contributed by atoms with Crippen LogP contribution in [0.15, 0.2) is 29.4 Å². The zero-order valence-corrected chi connectivity index (χ0v) is 9.00. The molecule has 0 amide bonds. The lowest BCUT2D eigenvalue weighted by Gasteiger charge is -2.07. The molecule has 1 aromatic rings. The lowest BCUT2D eigenvalue weighted by atomic mass is 9.94. The summed E-state index contributed by atoms with van der Waals surface area (Å²) in [5, 5.41) is 12.9. The number of carboxylic acids is 1. The molecule has 17 heavy (non-hydrogen) atoms. The van der Waals surface area contributed by atoms with E-state index in [-0.39, 0.29) is 17.8 Å². The average Bonchev–Trinajstić information content (AvgIpc) is 2.90. The summed E-state index contributed by atoms with van der Waals surface area (Å²) in [6.07, 6.45) is 0.569. The van der Waals surface area contributed by atoms with Gasteiger partial charge in [-0.05, 0) is 18.6 Å². The van der Waals surface area contributed by atoms with E-state index >= 15 is 0 Å². The first kappa shape index (κ1) is 10.3. The second-order valence-electron chi connectivity index (χ2n) is 4.10. The summed E-state index contributed by atoms with van der Waals surface area (Å²) >= 11 is 0. The van der Waals surface area contributed by atoms with Crippen LogP contribution in [0.4, 0.5) is 0 Å². The van der Waals surface area contributed by atoms with Gasteiger partial charge >= 0.3 is 5.97 Å². The number of hydrogen-bond donors (Lipinski definition) is 1. The van der Waals surface area contributed by atoms with Crippen molar-refractivity contribution < 1.29 is 19.5 Å². The van der Waals surface area contributed by atoms with Crippen LogP contribution < -0.4 is 0 Å². The van der Waals surface area contributed by atoms with Crippen LogP contribution >= 0.6 is 0 Å². The fourth-order valence-corrected chi connectivity index (χ4v) is 2.19. The molecule has 1 aromatic carbocycles. The van der Waals surface area contributed by atoms with Crippen molar-refractivity contribution in [3.8, 4) is 0 Å². The van der Waals surface area contributed by atoms with Crippen LogP contribution in [0.2, 0.25) is 0 Å². The minimum Gasteiger partial charge on any atom is -0.478 e. The van der Waals surface area contributed by atoms with Crippen LogP contribution in [-0.4, -0.2) is 29.7 Å². The zero-order chi connectivity index (χ0) is 11.8. The molecule has 2 unspecified atom stereocenters. The van der Waals surface area contributed by atoms with Crippen molar-refractivity contribution >= 4 is 11.7 Å². The van der Waals surface area contributed by atoms with Gasteiger partial charge in [-0.15, -0.1) is 0 Å². The van der Waals surface area contributed by atoms with Crippen molar-refractivity contribution in [3.63, 3.8) is 0 Å². The molecule has 1 fully saturated rings. The molecular formula is C12H11NO4. The highest BCUT2D eigenvalue weighted by atomic mass is 16.8. The van der Waals surface area contributed by atoms with Crippen molar-refractivity contribution in [2.24, 2.45) is 11.1 Å². The molecule has 0 aliphatic carbocycles. The minimum atomic E-state index is -0.939. The monoisotopic (exact) mass is 233 g/mol. The van der Waals surface area contributed by atoms with Crippen molar-refractivity contribution in [2.75, 3.05) is 6.61 Å². The number of hydrogen-bond acceptors (Lipinski definition) is 4. The number of rotatable bonds is 2. The number of fused-ring (bicyclic) bond motifs is 1. The summed E-state index contributed by atoms with van der Waals surface area (Å²) < 4.78 is 5.35. The Morgan fingerprint density at radius 3 is 3.18 bits per heavy atom. The van der Waals surface area contributed by atoms with Crippen molar-refractivity contribution in [1.82, 2.24) is 0 Å². The molecule has 2 aliphatic rings. The first-order chi connectivity index (χ1) is 8.25. The molecule has 1 saturated heterocycles. The highest BCUT2D eigenvalue weighted by Gasteiger charge is 2.39. The van der Waals surface area contributed by atoms with Crippen molar-refractivity contribution in [1.29, 1.82) is 0 Å². The molecule has 2 atom stereocenters. The molecule has 88 valence electrons. The van der Waals surface area contributed by atoms with E-state index in [0.717, 1.165) is 17.7 Å². The number of benzene rings is 1. The van der Waals surface area contributed by atoms with Gasteiger partial charge in [0.1, 0.15) is 0 Å². The maximum Gasteiger partial charge on any atom is 0.335 e. The molecule has 1 N–H and O–H groups in total. The van der Waals surface area contributed by atoms with Crippen molar-refractivity contribution in [2.45, 2.75) is 12.7 Å². The summed E-state index contributed by atoms with van der Waals surface area (Å²) in [6, 6.07) is 6.73. The smallest absolute Gasteiger partial charge is 0.335 e. The largest absolute Gasteiger partial charge is 0.478 e. The van der Waals surface area contributed by atoms with Gasteiger partial charge in [0.15, 0.2) is 0 Å². The van der Waals surface area contributed by atoms with Crippen LogP contribution in [-0.2, 0) is 9.57 Å². The summed E-state index contributed by atoms with van der Waals surface area (Å²) in [5.74, 6) is -0.815. The fraction of sp³-hybridized carbons (Fsp3) is 0.333. The first-order valence-corrected chi connectivity index (χ1v) is 5.45. The lowest BCUT2D eigenvalue weighted by Crippen LogP contribution is -2.18. The minimum absolute atomic E-state index is 0.124. The summed E-state index contributed by atoms with van der Waals surface area (Å²) in [4.78, 5) is 16.1. The Balaban J connectivity index is 1.94. The fourth-order valence-electron chi connectivity index (χ4n) is 2.19. The molecule has 3 rings (SSSR count). The van der Waals surface area contributed by atoms with Crippen molar-refractivity contribution in [3.05, 3.63) is 35.4 Å². The number of carbonyl (C=O) groups is 1. The van der Waals surface area contributed by atoms with Crippen LogP contribution in [0.1, 0.15) is 22.3 Å². The quantitative estimate of drug-likeness (QED) is 0.840. The molecule has 5 heteroatoms. The van der Waals surface area contributed by atoms with E-state index in [2.05, 4.69) is 5.16 Å². The molecule has 2 heterocycles. The number of oxime groups is 1. The standard InChI is InChI=1S/C12H11NO4/c14-11(15)8-3-1-2-7(6-8)10-9-4-5-16-12(9)17-13-10/h1-3,6,9,12H,4-5H2,(H,14,15). The van der Waals surface area contributed by atoms with Gasteiger partial charge in [0.05, 0.1) is 23.8 Å². The third-order valence-electron chi connectivity index (χ3n) is 3.05. The van der Waals surface area contributed by atoms with E-state index in [4.69, 9.17) is 14.7 Å². The van der Waals surface area contributed by atoms with Gasteiger partial charge in [0, 0.05) is 5.56 Å². The van der Waals surface area contributed by atoms with E-state index in [0.29, 0.717) is 6.61 Å². The highest BCUT2D eigenvalue weighted by molar-refractivity contribution is 6.04. The predicted octanol–water partition coefficient (Wildman–Crippen LogP) is 1.48. The van der Waals surface area contributed by atoms with Gasteiger partial charge in [-0.3, -0.25) is 0 Å². The Morgan fingerprint density at radius 2 is 2.35 bits per heavy atom. The summed E-state index contributed by atoms with van der Waals surface area (Å²) in [7, 11) is 0. The molecule has 0 bridgehead atoms. The number of carboxylic acid groups (broad SMARTS) is 1. The normalized spacial score (nSPS) is 26.2. The van der Waals surface area contributed by atoms with Gasteiger partial charge in [0.25, 0.3) is 0 Å². The van der Waals surface area contributed by atoms with Gasteiger partial charge in [0.2, 0.25) is 6.29 Å². The first-order valence-electron chi connectivity index (χ1n) is 5.45.